The lowest BCUT2D eigenvalue weighted by Gasteiger charge is -2.35. The summed E-state index contributed by atoms with van der Waals surface area (Å²) in [5, 5.41) is 3.63. The van der Waals surface area contributed by atoms with Crippen LogP contribution in [0.15, 0.2) is 60.7 Å². The van der Waals surface area contributed by atoms with Crippen LogP contribution in [0, 0.1) is 0 Å². The molecule has 7 nitrogen and oxygen atoms in total. The molecule has 0 unspecified atom stereocenters. The van der Waals surface area contributed by atoms with E-state index in [0.29, 0.717) is 5.56 Å². The summed E-state index contributed by atoms with van der Waals surface area (Å²) in [6.07, 6.45) is 1.06. The van der Waals surface area contributed by atoms with E-state index >= 15 is 0 Å². The number of nitrogens with one attached hydrogen (secondary N) is 1. The topological polar surface area (TPSA) is 86.8 Å². The molecule has 42 heavy (non-hydrogen) atoms. The molecule has 2 amide bonds. The summed E-state index contributed by atoms with van der Waals surface area (Å²) in [7, 11) is -4.07. The maximum absolute atomic E-state index is 14.2. The van der Waals surface area contributed by atoms with Crippen molar-refractivity contribution in [2.24, 2.45) is 0 Å². The number of nitrogens with zero attached hydrogens (tertiary/aromatic N) is 2. The molecule has 0 bridgehead atoms. The Morgan fingerprint density at radius 1 is 0.833 bits per heavy atom. The second-order valence-electron chi connectivity index (χ2n) is 10.7. The largest absolute Gasteiger partial charge is 0.350 e. The van der Waals surface area contributed by atoms with Gasteiger partial charge in [0, 0.05) is 34.1 Å². The second-order valence-corrected chi connectivity index (χ2v) is 14.6. The van der Waals surface area contributed by atoms with Gasteiger partial charge < -0.3 is 10.2 Å². The molecule has 3 rings (SSSR count). The zero-order chi connectivity index (χ0) is 31.4. The molecule has 1 atom stereocenters. The number of benzene rings is 3. The maximum atomic E-state index is 14.2. The second kappa shape index (κ2) is 14.1. The first kappa shape index (κ1) is 34.3. The first-order valence-corrected chi connectivity index (χ1v) is 16.4. The van der Waals surface area contributed by atoms with Crippen molar-refractivity contribution in [3.8, 4) is 0 Å². The van der Waals surface area contributed by atoms with Gasteiger partial charge in [0.25, 0.3) is 0 Å². The van der Waals surface area contributed by atoms with E-state index in [-0.39, 0.29) is 43.8 Å². The first-order valence-electron chi connectivity index (χ1n) is 12.7. The summed E-state index contributed by atoms with van der Waals surface area (Å²) in [6.45, 7) is 4.57. The van der Waals surface area contributed by atoms with Crippen LogP contribution in [-0.2, 0) is 32.6 Å². The fraction of sp³-hybridized carbons (Fsp3) is 0.310. The van der Waals surface area contributed by atoms with Crippen molar-refractivity contribution < 1.29 is 18.0 Å². The first-order chi connectivity index (χ1) is 19.5. The molecule has 0 saturated carbocycles. The molecule has 226 valence electrons. The highest BCUT2D eigenvalue weighted by Gasteiger charge is 2.35. The predicted molar refractivity (Wildman–Crippen MR) is 173 cm³/mol. The smallest absolute Gasteiger partial charge is 0.244 e. The van der Waals surface area contributed by atoms with Gasteiger partial charge in [-0.2, -0.15) is 0 Å². The number of hydrogen-bond donors (Lipinski definition) is 1. The summed E-state index contributed by atoms with van der Waals surface area (Å²) in [5.41, 5.74) is 0.502. The van der Waals surface area contributed by atoms with Crippen LogP contribution in [0.5, 0.6) is 0 Å². The lowest BCUT2D eigenvalue weighted by atomic mass is 10.0. The van der Waals surface area contributed by atoms with E-state index in [1.54, 1.807) is 18.2 Å². The highest BCUT2D eigenvalue weighted by Crippen LogP contribution is 2.36. The van der Waals surface area contributed by atoms with Crippen LogP contribution in [0.25, 0.3) is 0 Å². The standard InChI is InChI=1S/C29H30Cl5N3O4S/c1-29(2,3)35-28(39)26(13-18-9-6-5-7-10-18)36(16-19-20(30)11-8-12-21(19)31)27(38)17-37(42(4,40)41)25-15-23(33)22(32)14-24(25)34/h5-12,14-15,26H,13,16-17H2,1-4H3,(H,35,39)/t26-/m1/s1. The summed E-state index contributed by atoms with van der Waals surface area (Å²) in [5.74, 6) is -1.15. The summed E-state index contributed by atoms with van der Waals surface area (Å²) in [4.78, 5) is 29.3. The van der Waals surface area contributed by atoms with Crippen LogP contribution in [0.2, 0.25) is 25.1 Å². The van der Waals surface area contributed by atoms with Crippen LogP contribution >= 0.6 is 58.0 Å². The van der Waals surface area contributed by atoms with Gasteiger partial charge in [-0.1, -0.05) is 94.4 Å². The quantitative estimate of drug-likeness (QED) is 0.226. The van der Waals surface area contributed by atoms with E-state index in [4.69, 9.17) is 58.0 Å². The third kappa shape index (κ3) is 9.15. The minimum absolute atomic E-state index is 0.0327. The summed E-state index contributed by atoms with van der Waals surface area (Å²) in [6, 6.07) is 15.5. The summed E-state index contributed by atoms with van der Waals surface area (Å²) < 4.78 is 26.8. The van der Waals surface area contributed by atoms with Crippen molar-refractivity contribution in [3.05, 3.63) is 96.9 Å². The number of anilines is 1. The van der Waals surface area contributed by atoms with Gasteiger partial charge in [0.15, 0.2) is 0 Å². The average Bonchev–Trinajstić information content (AvgIpc) is 2.87. The van der Waals surface area contributed by atoms with Gasteiger partial charge in [-0.3, -0.25) is 13.9 Å². The van der Waals surface area contributed by atoms with Crippen molar-refractivity contribution in [2.45, 2.75) is 45.3 Å². The van der Waals surface area contributed by atoms with Crippen LogP contribution in [0.1, 0.15) is 31.9 Å². The summed E-state index contributed by atoms with van der Waals surface area (Å²) >= 11 is 31.6. The molecule has 0 aromatic heterocycles. The third-order valence-electron chi connectivity index (χ3n) is 6.10. The van der Waals surface area contributed by atoms with E-state index in [9.17, 15) is 18.0 Å². The SMILES string of the molecule is CC(C)(C)NC(=O)[C@@H](Cc1ccccc1)N(Cc1c(Cl)cccc1Cl)C(=O)CN(c1cc(Cl)c(Cl)cc1Cl)S(C)(=O)=O. The van der Waals surface area contributed by atoms with Crippen LogP contribution in [0.4, 0.5) is 5.69 Å². The molecule has 0 radical (unpaired) electrons. The minimum Gasteiger partial charge on any atom is -0.350 e. The molecule has 0 aliphatic rings. The van der Waals surface area contributed by atoms with E-state index in [2.05, 4.69) is 5.32 Å². The molecular formula is C29H30Cl5N3O4S. The van der Waals surface area contributed by atoms with E-state index in [0.717, 1.165) is 16.1 Å². The van der Waals surface area contributed by atoms with Gasteiger partial charge in [0.1, 0.15) is 12.6 Å². The Kier molecular flexibility index (Phi) is 11.5. The lowest BCUT2D eigenvalue weighted by molar-refractivity contribution is -0.140. The average molecular weight is 694 g/mol. The number of rotatable bonds is 10. The Balaban J connectivity index is 2.16. The Labute approximate surface area is 271 Å². The number of carbonyl (C=O) groups is 2. The molecule has 0 aliphatic carbocycles. The number of amides is 2. The number of sulfonamides is 1. The molecule has 1 N–H and O–H groups in total. The zero-order valence-electron chi connectivity index (χ0n) is 23.3. The lowest BCUT2D eigenvalue weighted by Crippen LogP contribution is -2.56. The minimum atomic E-state index is -4.07. The molecule has 0 aliphatic heterocycles. The van der Waals surface area contributed by atoms with Crippen LogP contribution in [0.3, 0.4) is 0 Å². The van der Waals surface area contributed by atoms with Gasteiger partial charge in [0.05, 0.1) is 27.0 Å². The maximum Gasteiger partial charge on any atom is 0.244 e. The van der Waals surface area contributed by atoms with Crippen LogP contribution < -0.4 is 9.62 Å². The van der Waals surface area contributed by atoms with Gasteiger partial charge in [-0.15, -0.1) is 0 Å². The number of carbonyl (C=O) groups excluding carboxylic acids is 2. The highest BCUT2D eigenvalue weighted by atomic mass is 35.5. The monoisotopic (exact) mass is 691 g/mol. The fourth-order valence-corrected chi connectivity index (χ4v) is 6.22. The number of hydrogen-bond acceptors (Lipinski definition) is 4. The van der Waals surface area contributed by atoms with Gasteiger partial charge >= 0.3 is 0 Å². The molecule has 3 aromatic rings. The van der Waals surface area contributed by atoms with Crippen LogP contribution in [-0.4, -0.2) is 49.5 Å². The van der Waals surface area contributed by atoms with E-state index < -0.39 is 40.0 Å². The molecular weight excluding hydrogens is 664 g/mol. The normalized spacial score (nSPS) is 12.5. The highest BCUT2D eigenvalue weighted by molar-refractivity contribution is 7.92. The third-order valence-corrected chi connectivity index (χ3v) is 8.96. The van der Waals surface area contributed by atoms with E-state index in [1.807, 2.05) is 51.1 Å². The predicted octanol–water partition coefficient (Wildman–Crippen LogP) is 7.27. The van der Waals surface area contributed by atoms with Crippen molar-refractivity contribution >= 4 is 85.5 Å². The number of halogens is 5. The Morgan fingerprint density at radius 2 is 1.40 bits per heavy atom. The van der Waals surface area contributed by atoms with E-state index in [1.165, 1.54) is 17.0 Å². The fourth-order valence-electron chi connectivity index (χ4n) is 4.16. The van der Waals surface area contributed by atoms with Crippen molar-refractivity contribution in [3.63, 3.8) is 0 Å². The Bertz CT molecular complexity index is 1540. The van der Waals surface area contributed by atoms with Crippen molar-refractivity contribution in [1.82, 2.24) is 10.2 Å². The molecule has 0 saturated heterocycles. The van der Waals surface area contributed by atoms with Crippen molar-refractivity contribution in [1.29, 1.82) is 0 Å². The Morgan fingerprint density at radius 3 is 1.95 bits per heavy atom. The molecule has 0 heterocycles. The molecule has 3 aromatic carbocycles. The van der Waals surface area contributed by atoms with Gasteiger partial charge in [-0.25, -0.2) is 8.42 Å². The molecule has 13 heteroatoms. The molecule has 0 spiro atoms. The Hall–Kier alpha value is -2.20. The zero-order valence-corrected chi connectivity index (χ0v) is 27.9. The van der Waals surface area contributed by atoms with Gasteiger partial charge in [-0.05, 0) is 50.6 Å². The molecule has 0 fully saturated rings. The van der Waals surface area contributed by atoms with Gasteiger partial charge in [0.2, 0.25) is 21.8 Å². The van der Waals surface area contributed by atoms with Crippen molar-refractivity contribution in [2.75, 3.05) is 17.1 Å².